The summed E-state index contributed by atoms with van der Waals surface area (Å²) in [5.74, 6) is 0.832. The van der Waals surface area contributed by atoms with Gasteiger partial charge in [0.2, 0.25) is 11.9 Å². The molecule has 6 rings (SSSR count). The number of aromatic nitrogens is 5. The molecule has 1 amide bonds. The van der Waals surface area contributed by atoms with Crippen molar-refractivity contribution in [3.8, 4) is 17.2 Å². The number of hydrogen-bond acceptors (Lipinski definition) is 10. The predicted molar refractivity (Wildman–Crippen MR) is 165 cm³/mol. The molecular weight excluding hydrogens is 567 g/mol. The maximum Gasteiger partial charge on any atom is 0.237 e. The average Bonchev–Trinajstić information content (AvgIpc) is 3.78. The van der Waals surface area contributed by atoms with E-state index in [2.05, 4.69) is 25.4 Å². The molecule has 0 aliphatic carbocycles. The number of carbonyl (C=O) groups is 1. The number of benzene rings is 1. The highest BCUT2D eigenvalue weighted by Gasteiger charge is 2.21. The van der Waals surface area contributed by atoms with Crippen molar-refractivity contribution in [1.29, 1.82) is 0 Å². The summed E-state index contributed by atoms with van der Waals surface area (Å²) in [5.41, 5.74) is 14.8. The van der Waals surface area contributed by atoms with E-state index in [0.717, 1.165) is 30.5 Å². The number of furan rings is 1. The predicted octanol–water partition coefficient (Wildman–Crippen LogP) is 2.36. The molecule has 4 aromatic heterocycles. The standard InChI is InChI=1S/C30H37FN10O3/c1-19(2)27(32)29(42)34-7-15-43-20-5-6-24(22(31)16-20)39-11-8-38(9-12-39)10-13-40-28-21(18-35-40)25-17-23(26-4-3-14-44-26)37-41(25)30(33)36-28/h3-6,14,16-19,27H,7-13,15,32H2,1-2H3,(H2,33,36)(H,34,42). The van der Waals surface area contributed by atoms with E-state index in [1.165, 1.54) is 6.07 Å². The number of nitrogens with zero attached hydrogens (tertiary/aromatic N) is 7. The molecule has 14 heteroatoms. The Morgan fingerprint density at radius 2 is 1.98 bits per heavy atom. The molecule has 1 atom stereocenters. The van der Waals surface area contributed by atoms with Gasteiger partial charge in [-0.1, -0.05) is 13.8 Å². The third-order valence-electron chi connectivity index (χ3n) is 7.96. The minimum atomic E-state index is -0.564. The van der Waals surface area contributed by atoms with Crippen LogP contribution < -0.4 is 26.4 Å². The number of ether oxygens (including phenoxy) is 1. The molecule has 13 nitrogen and oxygen atoms in total. The number of anilines is 2. The molecule has 0 bridgehead atoms. The van der Waals surface area contributed by atoms with Gasteiger partial charge in [0.05, 0.1) is 48.2 Å². The topological polar surface area (TPSA) is 158 Å². The first-order chi connectivity index (χ1) is 21.3. The highest BCUT2D eigenvalue weighted by atomic mass is 19.1. The average molecular weight is 605 g/mol. The van der Waals surface area contributed by atoms with Gasteiger partial charge in [-0.05, 0) is 36.2 Å². The number of halogens is 1. The van der Waals surface area contributed by atoms with Crippen molar-refractivity contribution >= 4 is 34.1 Å². The van der Waals surface area contributed by atoms with Crippen LogP contribution in [0, 0.1) is 11.7 Å². The molecule has 1 unspecified atom stereocenters. The van der Waals surface area contributed by atoms with Crippen LogP contribution in [-0.2, 0) is 11.3 Å². The van der Waals surface area contributed by atoms with Gasteiger partial charge in [0.25, 0.3) is 0 Å². The summed E-state index contributed by atoms with van der Waals surface area (Å²) in [6.45, 7) is 8.64. The quantitative estimate of drug-likeness (QED) is 0.191. The second-order valence-electron chi connectivity index (χ2n) is 11.2. The van der Waals surface area contributed by atoms with E-state index in [0.29, 0.717) is 54.7 Å². The fourth-order valence-electron chi connectivity index (χ4n) is 5.34. The highest BCUT2D eigenvalue weighted by Crippen LogP contribution is 2.27. The molecule has 232 valence electrons. The minimum absolute atomic E-state index is 0.0471. The minimum Gasteiger partial charge on any atom is -0.492 e. The number of piperazine rings is 1. The molecule has 5 heterocycles. The summed E-state index contributed by atoms with van der Waals surface area (Å²) < 4.78 is 29.6. The first kappa shape index (κ1) is 29.4. The maximum absolute atomic E-state index is 15.0. The summed E-state index contributed by atoms with van der Waals surface area (Å²) >= 11 is 0. The monoisotopic (exact) mass is 604 g/mol. The Morgan fingerprint density at radius 3 is 2.70 bits per heavy atom. The maximum atomic E-state index is 15.0. The van der Waals surface area contributed by atoms with Crippen LogP contribution >= 0.6 is 0 Å². The van der Waals surface area contributed by atoms with Gasteiger partial charge in [-0.2, -0.15) is 19.7 Å². The molecule has 1 saturated heterocycles. The first-order valence-electron chi connectivity index (χ1n) is 14.8. The summed E-state index contributed by atoms with van der Waals surface area (Å²) in [7, 11) is 0. The van der Waals surface area contributed by atoms with Crippen molar-refractivity contribution in [2.45, 2.75) is 26.4 Å². The number of hydrogen-bond donors (Lipinski definition) is 3. The van der Waals surface area contributed by atoms with Gasteiger partial charge in [0, 0.05) is 38.8 Å². The second kappa shape index (κ2) is 12.5. The van der Waals surface area contributed by atoms with Gasteiger partial charge in [-0.25, -0.2) is 9.07 Å². The lowest BCUT2D eigenvalue weighted by Crippen LogP contribution is -2.47. The SMILES string of the molecule is CC(C)C(N)C(=O)NCCOc1ccc(N2CCN(CCn3ncc4c3nc(N)n3nc(-c5ccco5)cc43)CC2)c(F)c1. The lowest BCUT2D eigenvalue weighted by molar-refractivity contribution is -0.123. The Labute approximate surface area is 253 Å². The summed E-state index contributed by atoms with van der Waals surface area (Å²) in [6, 6.07) is 9.91. The van der Waals surface area contributed by atoms with Crippen LogP contribution in [0.15, 0.2) is 53.3 Å². The van der Waals surface area contributed by atoms with Gasteiger partial charge in [-0.3, -0.25) is 9.69 Å². The van der Waals surface area contributed by atoms with E-state index >= 15 is 4.39 Å². The van der Waals surface area contributed by atoms with Crippen LogP contribution in [0.2, 0.25) is 0 Å². The summed E-state index contributed by atoms with van der Waals surface area (Å²) in [5, 5.41) is 12.7. The van der Waals surface area contributed by atoms with Crippen LogP contribution in [0.1, 0.15) is 13.8 Å². The van der Waals surface area contributed by atoms with E-state index in [1.807, 2.05) is 41.6 Å². The van der Waals surface area contributed by atoms with Crippen molar-refractivity contribution in [2.75, 3.05) is 56.5 Å². The Balaban J connectivity index is 1.01. The van der Waals surface area contributed by atoms with Crippen LogP contribution in [0.25, 0.3) is 28.0 Å². The number of fused-ring (bicyclic) bond motifs is 3. The Kier molecular flexibility index (Phi) is 8.35. The van der Waals surface area contributed by atoms with Crippen LogP contribution in [0.4, 0.5) is 16.0 Å². The number of nitrogens with two attached hydrogens (primary N) is 2. The lowest BCUT2D eigenvalue weighted by Gasteiger charge is -2.36. The fraction of sp³-hybridized carbons (Fsp3) is 0.400. The van der Waals surface area contributed by atoms with Crippen molar-refractivity contribution in [3.05, 3.63) is 54.7 Å². The van der Waals surface area contributed by atoms with E-state index < -0.39 is 6.04 Å². The third kappa shape index (κ3) is 6.03. The number of amides is 1. The van der Waals surface area contributed by atoms with E-state index in [1.54, 1.807) is 29.1 Å². The summed E-state index contributed by atoms with van der Waals surface area (Å²) in [4.78, 5) is 20.9. The first-order valence-corrected chi connectivity index (χ1v) is 14.8. The van der Waals surface area contributed by atoms with E-state index in [-0.39, 0.29) is 30.2 Å². The van der Waals surface area contributed by atoms with E-state index in [4.69, 9.17) is 20.6 Å². The number of nitrogen functional groups attached to an aromatic ring is 1. The zero-order valence-electron chi connectivity index (χ0n) is 24.8. The number of rotatable bonds is 11. The lowest BCUT2D eigenvalue weighted by atomic mass is 10.1. The normalized spacial score (nSPS) is 15.0. The Hall–Kier alpha value is -4.69. The third-order valence-corrected chi connectivity index (χ3v) is 7.96. The van der Waals surface area contributed by atoms with Crippen molar-refractivity contribution in [2.24, 2.45) is 11.7 Å². The van der Waals surface area contributed by atoms with Gasteiger partial charge in [0.1, 0.15) is 23.9 Å². The summed E-state index contributed by atoms with van der Waals surface area (Å²) in [6.07, 6.45) is 3.39. The van der Waals surface area contributed by atoms with Gasteiger partial charge >= 0.3 is 0 Å². The number of nitrogens with one attached hydrogen (secondary N) is 1. The molecule has 1 aliphatic heterocycles. The zero-order valence-corrected chi connectivity index (χ0v) is 24.8. The van der Waals surface area contributed by atoms with Crippen molar-refractivity contribution < 1.29 is 18.3 Å². The second-order valence-corrected chi connectivity index (χ2v) is 11.2. The van der Waals surface area contributed by atoms with Gasteiger partial charge in [0.15, 0.2) is 11.4 Å². The number of carbonyl (C=O) groups excluding carboxylic acids is 1. The van der Waals surface area contributed by atoms with Crippen molar-refractivity contribution in [3.63, 3.8) is 0 Å². The smallest absolute Gasteiger partial charge is 0.237 e. The molecule has 1 fully saturated rings. The molecule has 1 aromatic carbocycles. The molecule has 1 aliphatic rings. The van der Waals surface area contributed by atoms with Crippen LogP contribution in [-0.4, -0.2) is 87.1 Å². The van der Waals surface area contributed by atoms with Crippen LogP contribution in [0.5, 0.6) is 5.75 Å². The fourth-order valence-corrected chi connectivity index (χ4v) is 5.34. The van der Waals surface area contributed by atoms with Crippen LogP contribution in [0.3, 0.4) is 0 Å². The molecule has 0 saturated carbocycles. The van der Waals surface area contributed by atoms with Gasteiger partial charge in [-0.15, -0.1) is 0 Å². The molecule has 0 spiro atoms. The van der Waals surface area contributed by atoms with Crippen molar-refractivity contribution in [1.82, 2.24) is 34.6 Å². The molecular formula is C30H37FN10O3. The molecule has 44 heavy (non-hydrogen) atoms. The van der Waals surface area contributed by atoms with E-state index in [9.17, 15) is 4.79 Å². The largest absolute Gasteiger partial charge is 0.492 e. The Morgan fingerprint density at radius 1 is 1.16 bits per heavy atom. The molecule has 5 N–H and O–H groups in total. The molecule has 5 aromatic rings. The van der Waals surface area contributed by atoms with Gasteiger partial charge < -0.3 is 30.8 Å². The highest BCUT2D eigenvalue weighted by molar-refractivity contribution is 5.93. The molecule has 0 radical (unpaired) electrons. The Bertz CT molecular complexity index is 1740. The zero-order chi connectivity index (χ0) is 30.8.